The van der Waals surface area contributed by atoms with Gasteiger partial charge in [0.25, 0.3) is 0 Å². The van der Waals surface area contributed by atoms with E-state index in [1.165, 1.54) is 0 Å². The number of hydrogen-bond donors (Lipinski definition) is 1. The highest BCUT2D eigenvalue weighted by molar-refractivity contribution is 4.77. The molecule has 2 atom stereocenters. The van der Waals surface area contributed by atoms with Crippen LogP contribution in [0.25, 0.3) is 0 Å². The van der Waals surface area contributed by atoms with E-state index in [0.29, 0.717) is 0 Å². The fourth-order valence-corrected chi connectivity index (χ4v) is 1.30. The minimum Gasteiger partial charge on any atom is -0.384 e. The van der Waals surface area contributed by atoms with Gasteiger partial charge >= 0.3 is 0 Å². The summed E-state index contributed by atoms with van der Waals surface area (Å²) < 4.78 is 5.06. The van der Waals surface area contributed by atoms with Crippen LogP contribution in [0.5, 0.6) is 0 Å². The van der Waals surface area contributed by atoms with Crippen LogP contribution in [0, 0.1) is 11.8 Å². The first kappa shape index (κ1) is 7.03. The lowest BCUT2D eigenvalue weighted by Crippen LogP contribution is -2.15. The number of methoxy groups -OCH3 is 1. The highest BCUT2D eigenvalue weighted by atomic mass is 16.5. The van der Waals surface area contributed by atoms with Crippen LogP contribution >= 0.6 is 0 Å². The van der Waals surface area contributed by atoms with Gasteiger partial charge in [-0.05, 0) is 18.4 Å². The molecule has 0 radical (unpaired) electrons. The van der Waals surface area contributed by atoms with Crippen LogP contribution in [0.4, 0.5) is 0 Å². The van der Waals surface area contributed by atoms with Crippen molar-refractivity contribution in [3.63, 3.8) is 0 Å². The van der Waals surface area contributed by atoms with Gasteiger partial charge in [0.15, 0.2) is 0 Å². The molecule has 0 amide bonds. The summed E-state index contributed by atoms with van der Waals surface area (Å²) in [7, 11) is 1.77. The standard InChI is InChI=1S/C7H15NO/c1-6-3-8-4-7(6)5-9-2/h6-8H,3-5H2,1-2H3. The minimum atomic E-state index is 0.745. The topological polar surface area (TPSA) is 21.3 Å². The lowest BCUT2D eigenvalue weighted by atomic mass is 10.00. The summed E-state index contributed by atoms with van der Waals surface area (Å²) in [4.78, 5) is 0. The molecule has 2 nitrogen and oxygen atoms in total. The highest BCUT2D eigenvalue weighted by Gasteiger charge is 2.21. The van der Waals surface area contributed by atoms with Gasteiger partial charge in [-0.2, -0.15) is 0 Å². The van der Waals surface area contributed by atoms with Crippen molar-refractivity contribution in [3.8, 4) is 0 Å². The molecule has 0 spiro atoms. The first-order valence-corrected chi connectivity index (χ1v) is 3.54. The summed E-state index contributed by atoms with van der Waals surface area (Å²) in [5, 5.41) is 3.33. The molecule has 1 rings (SSSR count). The Hall–Kier alpha value is -0.0800. The quantitative estimate of drug-likeness (QED) is 0.586. The maximum atomic E-state index is 5.06. The third kappa shape index (κ3) is 1.66. The van der Waals surface area contributed by atoms with E-state index in [-0.39, 0.29) is 0 Å². The second-order valence-electron chi connectivity index (χ2n) is 2.85. The van der Waals surface area contributed by atoms with Crippen LogP contribution in [0.2, 0.25) is 0 Å². The fourth-order valence-electron chi connectivity index (χ4n) is 1.30. The fraction of sp³-hybridized carbons (Fsp3) is 1.00. The lowest BCUT2D eigenvalue weighted by Gasteiger charge is -2.11. The summed E-state index contributed by atoms with van der Waals surface area (Å²) >= 11 is 0. The van der Waals surface area contributed by atoms with Crippen LogP contribution in [0.15, 0.2) is 0 Å². The van der Waals surface area contributed by atoms with E-state index in [9.17, 15) is 0 Å². The molecular weight excluding hydrogens is 114 g/mol. The highest BCUT2D eigenvalue weighted by Crippen LogP contribution is 2.14. The molecule has 9 heavy (non-hydrogen) atoms. The summed E-state index contributed by atoms with van der Waals surface area (Å²) in [5.74, 6) is 1.54. The molecule has 1 saturated heterocycles. The van der Waals surface area contributed by atoms with Crippen molar-refractivity contribution in [1.29, 1.82) is 0 Å². The number of ether oxygens (including phenoxy) is 1. The van der Waals surface area contributed by atoms with Crippen molar-refractivity contribution in [2.45, 2.75) is 6.92 Å². The number of hydrogen-bond acceptors (Lipinski definition) is 2. The van der Waals surface area contributed by atoms with Crippen LogP contribution in [-0.2, 0) is 4.74 Å². The largest absolute Gasteiger partial charge is 0.384 e. The molecule has 0 aliphatic carbocycles. The number of nitrogens with one attached hydrogen (secondary N) is 1. The molecule has 2 heteroatoms. The molecular formula is C7H15NO. The third-order valence-corrected chi connectivity index (χ3v) is 2.06. The predicted octanol–water partition coefficient (Wildman–Crippen LogP) is 0.488. The average molecular weight is 129 g/mol. The normalized spacial score (nSPS) is 35.3. The molecule has 0 aromatic rings. The zero-order valence-corrected chi connectivity index (χ0v) is 6.18. The first-order chi connectivity index (χ1) is 4.34. The van der Waals surface area contributed by atoms with Gasteiger partial charge in [-0.3, -0.25) is 0 Å². The van der Waals surface area contributed by atoms with Crippen molar-refractivity contribution in [3.05, 3.63) is 0 Å². The Kier molecular flexibility index (Phi) is 2.49. The van der Waals surface area contributed by atoms with Gasteiger partial charge in [0.05, 0.1) is 6.61 Å². The van der Waals surface area contributed by atoms with Gasteiger partial charge in [0, 0.05) is 13.7 Å². The van der Waals surface area contributed by atoms with Crippen molar-refractivity contribution >= 4 is 0 Å². The van der Waals surface area contributed by atoms with Gasteiger partial charge in [0.1, 0.15) is 0 Å². The molecule has 54 valence electrons. The summed E-state index contributed by atoms with van der Waals surface area (Å²) in [6.07, 6.45) is 0. The first-order valence-electron chi connectivity index (χ1n) is 3.54. The molecule has 1 aliphatic rings. The van der Waals surface area contributed by atoms with Crippen LogP contribution in [-0.4, -0.2) is 26.8 Å². The maximum absolute atomic E-state index is 5.06. The van der Waals surface area contributed by atoms with Gasteiger partial charge in [-0.25, -0.2) is 0 Å². The Morgan fingerprint density at radius 1 is 1.56 bits per heavy atom. The van der Waals surface area contributed by atoms with Crippen LogP contribution < -0.4 is 5.32 Å². The molecule has 1 N–H and O–H groups in total. The zero-order chi connectivity index (χ0) is 6.69. The predicted molar refractivity (Wildman–Crippen MR) is 37.4 cm³/mol. The van der Waals surface area contributed by atoms with Crippen LogP contribution in [0.3, 0.4) is 0 Å². The van der Waals surface area contributed by atoms with E-state index < -0.39 is 0 Å². The van der Waals surface area contributed by atoms with Gasteiger partial charge < -0.3 is 10.1 Å². The molecule has 0 saturated carbocycles. The van der Waals surface area contributed by atoms with E-state index in [4.69, 9.17) is 4.74 Å². The van der Waals surface area contributed by atoms with Gasteiger partial charge in [-0.15, -0.1) is 0 Å². The van der Waals surface area contributed by atoms with Crippen molar-refractivity contribution in [2.24, 2.45) is 11.8 Å². The van der Waals surface area contributed by atoms with E-state index in [2.05, 4.69) is 12.2 Å². The third-order valence-electron chi connectivity index (χ3n) is 2.06. The lowest BCUT2D eigenvalue weighted by molar-refractivity contribution is 0.144. The molecule has 1 fully saturated rings. The minimum absolute atomic E-state index is 0.745. The Morgan fingerprint density at radius 2 is 2.33 bits per heavy atom. The van der Waals surface area contributed by atoms with E-state index >= 15 is 0 Å². The summed E-state index contributed by atoms with van der Waals surface area (Å²) in [6.45, 7) is 5.47. The summed E-state index contributed by atoms with van der Waals surface area (Å²) in [6, 6.07) is 0. The second kappa shape index (κ2) is 3.18. The molecule has 0 aromatic carbocycles. The molecule has 1 heterocycles. The van der Waals surface area contributed by atoms with E-state index in [1.54, 1.807) is 7.11 Å². The molecule has 0 aromatic heterocycles. The SMILES string of the molecule is COCC1CNCC1C. The second-order valence-corrected chi connectivity index (χ2v) is 2.85. The summed E-state index contributed by atoms with van der Waals surface area (Å²) in [5.41, 5.74) is 0. The Labute approximate surface area is 56.6 Å². The van der Waals surface area contributed by atoms with E-state index in [0.717, 1.165) is 31.5 Å². The maximum Gasteiger partial charge on any atom is 0.0505 e. The molecule has 2 unspecified atom stereocenters. The smallest absolute Gasteiger partial charge is 0.0505 e. The average Bonchev–Trinajstić information content (AvgIpc) is 2.18. The monoisotopic (exact) mass is 129 g/mol. The number of rotatable bonds is 2. The van der Waals surface area contributed by atoms with E-state index in [1.807, 2.05) is 0 Å². The van der Waals surface area contributed by atoms with Gasteiger partial charge in [-0.1, -0.05) is 6.92 Å². The molecule has 1 aliphatic heterocycles. The molecule has 0 bridgehead atoms. The van der Waals surface area contributed by atoms with Gasteiger partial charge in [0.2, 0.25) is 0 Å². The Bertz CT molecular complexity index is 85.0. The Morgan fingerprint density at radius 3 is 2.78 bits per heavy atom. The van der Waals surface area contributed by atoms with Crippen molar-refractivity contribution in [2.75, 3.05) is 26.8 Å². The van der Waals surface area contributed by atoms with Crippen LogP contribution in [0.1, 0.15) is 6.92 Å². The Balaban J connectivity index is 2.22. The zero-order valence-electron chi connectivity index (χ0n) is 6.18. The van der Waals surface area contributed by atoms with Crippen molar-refractivity contribution < 1.29 is 4.74 Å². The van der Waals surface area contributed by atoms with Crippen molar-refractivity contribution in [1.82, 2.24) is 5.32 Å².